The Bertz CT molecular complexity index is 724. The van der Waals surface area contributed by atoms with Crippen LogP contribution >= 0.6 is 0 Å². The van der Waals surface area contributed by atoms with E-state index in [0.29, 0.717) is 12.1 Å². The third-order valence-electron chi connectivity index (χ3n) is 3.51. The first-order valence-corrected chi connectivity index (χ1v) is 8.30. The Hall–Kier alpha value is -2.82. The van der Waals surface area contributed by atoms with Gasteiger partial charge in [-0.3, -0.25) is 0 Å². The van der Waals surface area contributed by atoms with Gasteiger partial charge >= 0.3 is 12.0 Å². The quantitative estimate of drug-likeness (QED) is 0.790. The summed E-state index contributed by atoms with van der Waals surface area (Å²) < 4.78 is 5.33. The lowest BCUT2D eigenvalue weighted by molar-refractivity contribution is 0.0472. The van der Waals surface area contributed by atoms with Crippen LogP contribution in [-0.2, 0) is 17.9 Å². The predicted octanol–water partition coefficient (Wildman–Crippen LogP) is 3.56. The maximum Gasteiger partial charge on any atom is 0.338 e. The maximum atomic E-state index is 12.1. The second-order valence-corrected chi connectivity index (χ2v) is 6.24. The molecular formula is C20H24N2O3. The first kappa shape index (κ1) is 18.5. The Labute approximate surface area is 148 Å². The number of nitrogens with one attached hydrogen (secondary N) is 2. The Balaban J connectivity index is 1.84. The zero-order valence-corrected chi connectivity index (χ0v) is 14.8. The molecular weight excluding hydrogens is 316 g/mol. The van der Waals surface area contributed by atoms with Crippen molar-refractivity contribution in [2.24, 2.45) is 0 Å². The van der Waals surface area contributed by atoms with E-state index in [0.717, 1.165) is 16.7 Å². The lowest BCUT2D eigenvalue weighted by Crippen LogP contribution is -2.39. The molecule has 132 valence electrons. The molecule has 2 amide bonds. The highest BCUT2D eigenvalue weighted by atomic mass is 16.5. The van der Waals surface area contributed by atoms with Crippen molar-refractivity contribution in [2.45, 2.75) is 40.0 Å². The number of carbonyl (C=O) groups excluding carboxylic acids is 2. The normalized spacial score (nSPS) is 10.4. The second-order valence-electron chi connectivity index (χ2n) is 6.24. The Morgan fingerprint density at radius 2 is 1.76 bits per heavy atom. The molecule has 2 aromatic rings. The van der Waals surface area contributed by atoms with Crippen LogP contribution in [0.3, 0.4) is 0 Å². The fourth-order valence-electron chi connectivity index (χ4n) is 2.29. The molecule has 0 fully saturated rings. The van der Waals surface area contributed by atoms with Crippen molar-refractivity contribution in [3.05, 3.63) is 70.8 Å². The molecule has 0 heterocycles. The van der Waals surface area contributed by atoms with E-state index in [1.807, 2.05) is 45.0 Å². The molecule has 5 heteroatoms. The number of hydrogen-bond acceptors (Lipinski definition) is 3. The number of amides is 2. The molecule has 0 aromatic heterocycles. The molecule has 5 nitrogen and oxygen atoms in total. The Kier molecular flexibility index (Phi) is 6.57. The molecule has 2 N–H and O–H groups in total. The molecule has 2 rings (SSSR count). The smallest absolute Gasteiger partial charge is 0.338 e. The van der Waals surface area contributed by atoms with Crippen molar-refractivity contribution in [3.63, 3.8) is 0 Å². The van der Waals surface area contributed by atoms with E-state index in [2.05, 4.69) is 10.6 Å². The second kappa shape index (κ2) is 8.87. The number of benzene rings is 2. The van der Waals surface area contributed by atoms with Crippen molar-refractivity contribution < 1.29 is 14.3 Å². The molecule has 0 radical (unpaired) electrons. The summed E-state index contributed by atoms with van der Waals surface area (Å²) in [5, 5.41) is 5.52. The lowest BCUT2D eigenvalue weighted by atomic mass is 10.1. The molecule has 2 aromatic carbocycles. The topological polar surface area (TPSA) is 67.4 Å². The van der Waals surface area contributed by atoms with Gasteiger partial charge in [-0.2, -0.15) is 0 Å². The van der Waals surface area contributed by atoms with Gasteiger partial charge in [0.2, 0.25) is 0 Å². The Morgan fingerprint density at radius 3 is 2.40 bits per heavy atom. The standard InChI is InChI=1S/C20H24N2O3/c1-14(2)22-20(24)21-12-16-7-9-18(10-8-16)19(23)25-13-17-6-4-5-15(3)11-17/h4-11,14H,12-13H2,1-3H3,(H2,21,22,24). The molecule has 25 heavy (non-hydrogen) atoms. The third kappa shape index (κ3) is 6.30. The molecule has 0 aliphatic carbocycles. The van der Waals surface area contributed by atoms with E-state index in [4.69, 9.17) is 4.74 Å². The zero-order valence-electron chi connectivity index (χ0n) is 14.8. The van der Waals surface area contributed by atoms with Crippen LogP contribution in [0.5, 0.6) is 0 Å². The van der Waals surface area contributed by atoms with Crippen molar-refractivity contribution in [3.8, 4) is 0 Å². The van der Waals surface area contributed by atoms with Crippen molar-refractivity contribution in [1.82, 2.24) is 10.6 Å². The van der Waals surface area contributed by atoms with Crippen LogP contribution in [0.15, 0.2) is 48.5 Å². The molecule has 0 saturated carbocycles. The average molecular weight is 340 g/mol. The van der Waals surface area contributed by atoms with E-state index in [1.165, 1.54) is 0 Å². The maximum absolute atomic E-state index is 12.1. The summed E-state index contributed by atoms with van der Waals surface area (Å²) in [5.74, 6) is -0.362. The van der Waals surface area contributed by atoms with Gasteiger partial charge in [-0.25, -0.2) is 9.59 Å². The fourth-order valence-corrected chi connectivity index (χ4v) is 2.29. The zero-order chi connectivity index (χ0) is 18.2. The molecule has 0 spiro atoms. The van der Waals surface area contributed by atoms with Crippen LogP contribution in [0.4, 0.5) is 4.79 Å². The largest absolute Gasteiger partial charge is 0.457 e. The van der Waals surface area contributed by atoms with Crippen LogP contribution in [0.1, 0.15) is 40.9 Å². The van der Waals surface area contributed by atoms with Crippen LogP contribution in [-0.4, -0.2) is 18.0 Å². The van der Waals surface area contributed by atoms with E-state index in [9.17, 15) is 9.59 Å². The molecule has 0 bridgehead atoms. The molecule has 0 aliphatic heterocycles. The highest BCUT2D eigenvalue weighted by molar-refractivity contribution is 5.89. The summed E-state index contributed by atoms with van der Waals surface area (Å²) in [6.45, 7) is 6.45. The van der Waals surface area contributed by atoms with Crippen LogP contribution in [0.2, 0.25) is 0 Å². The number of hydrogen-bond donors (Lipinski definition) is 2. The van der Waals surface area contributed by atoms with Gasteiger partial charge in [-0.05, 0) is 44.0 Å². The molecule has 0 aliphatic rings. The highest BCUT2D eigenvalue weighted by Crippen LogP contribution is 2.10. The van der Waals surface area contributed by atoms with Crippen molar-refractivity contribution in [2.75, 3.05) is 0 Å². The summed E-state index contributed by atoms with van der Waals surface area (Å²) in [7, 11) is 0. The molecule has 0 atom stereocenters. The van der Waals surface area contributed by atoms with Crippen LogP contribution < -0.4 is 10.6 Å². The van der Waals surface area contributed by atoms with Gasteiger partial charge in [0.15, 0.2) is 0 Å². The predicted molar refractivity (Wildman–Crippen MR) is 97.2 cm³/mol. The minimum absolute atomic E-state index is 0.0885. The van der Waals surface area contributed by atoms with Gasteiger partial charge in [-0.15, -0.1) is 0 Å². The van der Waals surface area contributed by atoms with E-state index < -0.39 is 0 Å². The number of carbonyl (C=O) groups is 2. The molecule has 0 saturated heterocycles. The van der Waals surface area contributed by atoms with E-state index in [1.54, 1.807) is 24.3 Å². The van der Waals surface area contributed by atoms with Crippen molar-refractivity contribution in [1.29, 1.82) is 0 Å². The van der Waals surface area contributed by atoms with Gasteiger partial charge in [-0.1, -0.05) is 42.0 Å². The summed E-state index contributed by atoms with van der Waals surface area (Å²) in [6, 6.07) is 14.8. The number of esters is 1. The Morgan fingerprint density at radius 1 is 1.04 bits per heavy atom. The van der Waals surface area contributed by atoms with Gasteiger partial charge in [0.05, 0.1) is 5.56 Å². The minimum atomic E-state index is -0.362. The fraction of sp³-hybridized carbons (Fsp3) is 0.300. The van der Waals surface area contributed by atoms with Gasteiger partial charge in [0.25, 0.3) is 0 Å². The van der Waals surface area contributed by atoms with Crippen molar-refractivity contribution >= 4 is 12.0 Å². The number of ether oxygens (including phenoxy) is 1. The van der Waals surface area contributed by atoms with Gasteiger partial charge in [0, 0.05) is 12.6 Å². The van der Waals surface area contributed by atoms with E-state index >= 15 is 0 Å². The summed E-state index contributed by atoms with van der Waals surface area (Å²) >= 11 is 0. The van der Waals surface area contributed by atoms with Gasteiger partial charge < -0.3 is 15.4 Å². The number of urea groups is 1. The number of aryl methyl sites for hydroxylation is 1. The minimum Gasteiger partial charge on any atom is -0.457 e. The first-order valence-electron chi connectivity index (χ1n) is 8.30. The third-order valence-corrected chi connectivity index (χ3v) is 3.51. The monoisotopic (exact) mass is 340 g/mol. The number of rotatable bonds is 6. The van der Waals surface area contributed by atoms with Crippen LogP contribution in [0.25, 0.3) is 0 Å². The SMILES string of the molecule is Cc1cccc(COC(=O)c2ccc(CNC(=O)NC(C)C)cc2)c1. The molecule has 0 unspecified atom stereocenters. The first-order chi connectivity index (χ1) is 11.9. The average Bonchev–Trinajstić information content (AvgIpc) is 2.58. The summed E-state index contributed by atoms with van der Waals surface area (Å²) in [6.07, 6.45) is 0. The lowest BCUT2D eigenvalue weighted by Gasteiger charge is -2.10. The highest BCUT2D eigenvalue weighted by Gasteiger charge is 2.08. The summed E-state index contributed by atoms with van der Waals surface area (Å²) in [4.78, 5) is 23.6. The van der Waals surface area contributed by atoms with E-state index in [-0.39, 0.29) is 24.6 Å². The van der Waals surface area contributed by atoms with Gasteiger partial charge in [0.1, 0.15) is 6.61 Å². The van der Waals surface area contributed by atoms with Crippen LogP contribution in [0, 0.1) is 6.92 Å². The summed E-state index contributed by atoms with van der Waals surface area (Å²) in [5.41, 5.74) is 3.49.